The smallest absolute Gasteiger partial charge is 0.225 e. The molecule has 0 unspecified atom stereocenters. The van der Waals surface area contributed by atoms with Crippen LogP contribution in [-0.4, -0.2) is 55.5 Å². The van der Waals surface area contributed by atoms with Gasteiger partial charge in [-0.2, -0.15) is 0 Å². The van der Waals surface area contributed by atoms with Gasteiger partial charge < -0.3 is 15.1 Å². The molecule has 1 N–H and O–H groups in total. The zero-order chi connectivity index (χ0) is 14.5. The standard InChI is InChI=1S/C16H25N3O/c1-13-4-5-15(12-14(13)2)17-16(20)6-7-19-10-8-18(3)9-11-19/h4-5,12H,6-11H2,1-3H3,(H,17,20). The first-order valence-corrected chi connectivity index (χ1v) is 7.32. The Bertz CT molecular complexity index is 465. The maximum Gasteiger partial charge on any atom is 0.225 e. The maximum absolute atomic E-state index is 12.0. The SMILES string of the molecule is Cc1ccc(NC(=O)CCN2CCN(C)CC2)cc1C. The summed E-state index contributed by atoms with van der Waals surface area (Å²) >= 11 is 0. The molecule has 0 spiro atoms. The minimum atomic E-state index is 0.104. The molecular weight excluding hydrogens is 250 g/mol. The maximum atomic E-state index is 12.0. The third-order valence-corrected chi connectivity index (χ3v) is 4.04. The molecule has 1 aromatic carbocycles. The van der Waals surface area contributed by atoms with Crippen molar-refractivity contribution in [2.24, 2.45) is 0 Å². The van der Waals surface area contributed by atoms with Gasteiger partial charge >= 0.3 is 0 Å². The highest BCUT2D eigenvalue weighted by Crippen LogP contribution is 2.14. The van der Waals surface area contributed by atoms with Crippen molar-refractivity contribution in [3.63, 3.8) is 0 Å². The van der Waals surface area contributed by atoms with Gasteiger partial charge in [-0.1, -0.05) is 6.07 Å². The van der Waals surface area contributed by atoms with E-state index >= 15 is 0 Å². The van der Waals surface area contributed by atoms with E-state index < -0.39 is 0 Å². The largest absolute Gasteiger partial charge is 0.326 e. The van der Waals surface area contributed by atoms with Gasteiger partial charge in [-0.15, -0.1) is 0 Å². The molecule has 1 aliphatic heterocycles. The van der Waals surface area contributed by atoms with Crippen molar-refractivity contribution in [3.8, 4) is 0 Å². The Labute approximate surface area is 121 Å². The van der Waals surface area contributed by atoms with Crippen molar-refractivity contribution < 1.29 is 4.79 Å². The van der Waals surface area contributed by atoms with Crippen LogP contribution in [0.5, 0.6) is 0 Å². The van der Waals surface area contributed by atoms with E-state index in [4.69, 9.17) is 0 Å². The number of hydrogen-bond donors (Lipinski definition) is 1. The number of amides is 1. The molecule has 1 aliphatic rings. The van der Waals surface area contributed by atoms with Gasteiger partial charge in [-0.05, 0) is 44.2 Å². The first-order valence-electron chi connectivity index (χ1n) is 7.32. The van der Waals surface area contributed by atoms with Gasteiger partial charge in [-0.3, -0.25) is 4.79 Å². The zero-order valence-electron chi connectivity index (χ0n) is 12.8. The average Bonchev–Trinajstić information content (AvgIpc) is 2.42. The van der Waals surface area contributed by atoms with Gasteiger partial charge in [0.05, 0.1) is 0 Å². The number of carbonyl (C=O) groups is 1. The van der Waals surface area contributed by atoms with Gasteiger partial charge in [0.25, 0.3) is 0 Å². The summed E-state index contributed by atoms with van der Waals surface area (Å²) in [5, 5.41) is 2.98. The van der Waals surface area contributed by atoms with Crippen molar-refractivity contribution in [1.29, 1.82) is 0 Å². The highest BCUT2D eigenvalue weighted by molar-refractivity contribution is 5.90. The molecule has 2 rings (SSSR count). The fourth-order valence-electron chi connectivity index (χ4n) is 2.37. The van der Waals surface area contributed by atoms with E-state index in [-0.39, 0.29) is 5.91 Å². The molecule has 0 radical (unpaired) electrons. The van der Waals surface area contributed by atoms with Crippen LogP contribution >= 0.6 is 0 Å². The van der Waals surface area contributed by atoms with E-state index in [2.05, 4.69) is 36.0 Å². The monoisotopic (exact) mass is 275 g/mol. The van der Waals surface area contributed by atoms with Crippen LogP contribution in [0, 0.1) is 13.8 Å². The van der Waals surface area contributed by atoms with Crippen molar-refractivity contribution in [2.45, 2.75) is 20.3 Å². The predicted molar refractivity (Wildman–Crippen MR) is 83.1 cm³/mol. The third-order valence-electron chi connectivity index (χ3n) is 4.04. The van der Waals surface area contributed by atoms with Crippen molar-refractivity contribution in [1.82, 2.24) is 9.80 Å². The Hall–Kier alpha value is -1.39. The first kappa shape index (κ1) is 15.0. The van der Waals surface area contributed by atoms with E-state index in [1.54, 1.807) is 0 Å². The number of hydrogen-bond acceptors (Lipinski definition) is 3. The number of rotatable bonds is 4. The van der Waals surface area contributed by atoms with Gasteiger partial charge in [0, 0.05) is 44.8 Å². The highest BCUT2D eigenvalue weighted by atomic mass is 16.1. The Balaban J connectivity index is 1.76. The van der Waals surface area contributed by atoms with E-state index in [0.717, 1.165) is 38.4 Å². The van der Waals surface area contributed by atoms with Crippen LogP contribution < -0.4 is 5.32 Å². The topological polar surface area (TPSA) is 35.6 Å². The molecule has 110 valence electrons. The average molecular weight is 275 g/mol. The van der Waals surface area contributed by atoms with Gasteiger partial charge in [0.15, 0.2) is 0 Å². The summed E-state index contributed by atoms with van der Waals surface area (Å²) in [6, 6.07) is 6.05. The minimum Gasteiger partial charge on any atom is -0.326 e. The van der Waals surface area contributed by atoms with Crippen molar-refractivity contribution in [2.75, 3.05) is 45.1 Å². The summed E-state index contributed by atoms with van der Waals surface area (Å²) in [5.74, 6) is 0.104. The van der Waals surface area contributed by atoms with Gasteiger partial charge in [0.2, 0.25) is 5.91 Å². The van der Waals surface area contributed by atoms with Crippen LogP contribution in [0.1, 0.15) is 17.5 Å². The molecule has 0 aliphatic carbocycles. The lowest BCUT2D eigenvalue weighted by atomic mass is 10.1. The molecule has 20 heavy (non-hydrogen) atoms. The molecule has 0 aromatic heterocycles. The predicted octanol–water partition coefficient (Wildman–Crippen LogP) is 1.88. The lowest BCUT2D eigenvalue weighted by molar-refractivity contribution is -0.116. The van der Waals surface area contributed by atoms with Crippen LogP contribution in [0.25, 0.3) is 0 Å². The summed E-state index contributed by atoms with van der Waals surface area (Å²) in [7, 11) is 2.14. The summed E-state index contributed by atoms with van der Waals surface area (Å²) in [5.41, 5.74) is 3.36. The van der Waals surface area contributed by atoms with Crippen LogP contribution in [0.15, 0.2) is 18.2 Å². The molecule has 1 fully saturated rings. The molecule has 4 heteroatoms. The van der Waals surface area contributed by atoms with Gasteiger partial charge in [-0.25, -0.2) is 0 Å². The fourth-order valence-corrected chi connectivity index (χ4v) is 2.37. The minimum absolute atomic E-state index is 0.104. The molecule has 1 aromatic rings. The summed E-state index contributed by atoms with van der Waals surface area (Å²) in [6.07, 6.45) is 0.566. The molecule has 1 amide bonds. The second-order valence-electron chi connectivity index (χ2n) is 5.74. The van der Waals surface area contributed by atoms with E-state index in [9.17, 15) is 4.79 Å². The lowest BCUT2D eigenvalue weighted by Crippen LogP contribution is -2.45. The zero-order valence-corrected chi connectivity index (χ0v) is 12.8. The van der Waals surface area contributed by atoms with Crippen LogP contribution in [-0.2, 0) is 4.79 Å². The van der Waals surface area contributed by atoms with E-state index in [0.29, 0.717) is 6.42 Å². The van der Waals surface area contributed by atoms with Crippen molar-refractivity contribution >= 4 is 11.6 Å². The molecule has 4 nitrogen and oxygen atoms in total. The molecule has 1 heterocycles. The number of nitrogens with zero attached hydrogens (tertiary/aromatic N) is 2. The second kappa shape index (κ2) is 6.86. The summed E-state index contributed by atoms with van der Waals surface area (Å²) in [4.78, 5) is 16.7. The van der Waals surface area contributed by atoms with E-state index in [1.807, 2.05) is 18.2 Å². The number of carbonyl (C=O) groups excluding carboxylic acids is 1. The number of nitrogens with one attached hydrogen (secondary N) is 1. The normalized spacial score (nSPS) is 17.1. The van der Waals surface area contributed by atoms with Crippen LogP contribution in [0.3, 0.4) is 0 Å². The number of piperazine rings is 1. The third kappa shape index (κ3) is 4.32. The number of aryl methyl sites for hydroxylation is 2. The Morgan fingerprint density at radius 1 is 1.15 bits per heavy atom. The number of anilines is 1. The van der Waals surface area contributed by atoms with Crippen molar-refractivity contribution in [3.05, 3.63) is 29.3 Å². The van der Waals surface area contributed by atoms with Gasteiger partial charge in [0.1, 0.15) is 0 Å². The lowest BCUT2D eigenvalue weighted by Gasteiger charge is -2.32. The van der Waals surface area contributed by atoms with Crippen LogP contribution in [0.4, 0.5) is 5.69 Å². The molecule has 0 saturated carbocycles. The highest BCUT2D eigenvalue weighted by Gasteiger charge is 2.14. The number of likely N-dealkylation sites (N-methyl/N-ethyl adjacent to an activating group) is 1. The number of benzene rings is 1. The quantitative estimate of drug-likeness (QED) is 0.911. The summed E-state index contributed by atoms with van der Waals surface area (Å²) < 4.78 is 0. The second-order valence-corrected chi connectivity index (χ2v) is 5.74. The molecular formula is C16H25N3O. The molecule has 0 atom stereocenters. The van der Waals surface area contributed by atoms with E-state index in [1.165, 1.54) is 11.1 Å². The summed E-state index contributed by atoms with van der Waals surface area (Å²) in [6.45, 7) is 9.31. The first-order chi connectivity index (χ1) is 9.54. The molecule has 1 saturated heterocycles. The fraction of sp³-hybridized carbons (Fsp3) is 0.562. The van der Waals surface area contributed by atoms with Crippen LogP contribution in [0.2, 0.25) is 0 Å². The molecule has 0 bridgehead atoms. The Morgan fingerprint density at radius 3 is 2.50 bits per heavy atom. The Morgan fingerprint density at radius 2 is 1.85 bits per heavy atom. The Kier molecular flexibility index (Phi) is 5.15.